The lowest BCUT2D eigenvalue weighted by Gasteiger charge is -2.16. The van der Waals surface area contributed by atoms with Crippen molar-refractivity contribution in [3.63, 3.8) is 0 Å². The predicted octanol–water partition coefficient (Wildman–Crippen LogP) is 0.0539. The smallest absolute Gasteiger partial charge is 0.225 e. The number of primary sulfonamides is 1. The second-order valence-electron chi connectivity index (χ2n) is 3.74. The Balaban J connectivity index is 2.70. The molecular weight excluding hydrogens is 250 g/mol. The summed E-state index contributed by atoms with van der Waals surface area (Å²) >= 11 is 0. The normalized spacial score (nSPS) is 19.1. The minimum Gasteiger partial charge on any atom is -0.225 e. The molecular formula is C9H11NO4S2. The van der Waals surface area contributed by atoms with Crippen LogP contribution in [0.2, 0.25) is 0 Å². The van der Waals surface area contributed by atoms with Crippen LogP contribution in [-0.2, 0) is 26.3 Å². The van der Waals surface area contributed by atoms with Crippen LogP contribution in [0.3, 0.4) is 0 Å². The molecule has 0 fully saturated rings. The van der Waals surface area contributed by atoms with E-state index in [4.69, 9.17) is 5.14 Å². The number of sulfone groups is 1. The maximum Gasteiger partial charge on any atom is 0.238 e. The van der Waals surface area contributed by atoms with Crippen LogP contribution in [0.1, 0.15) is 12.0 Å². The van der Waals surface area contributed by atoms with Gasteiger partial charge in [0.05, 0.1) is 15.5 Å². The Hall–Kier alpha value is -0.920. The first-order valence-corrected chi connectivity index (χ1v) is 7.89. The Labute approximate surface area is 94.2 Å². The molecule has 0 aromatic heterocycles. The molecule has 0 aliphatic carbocycles. The number of fused-ring (bicyclic) bond motifs is 1. The fraction of sp³-hybridized carbons (Fsp3) is 0.333. The molecule has 1 heterocycles. The molecule has 1 aromatic rings. The lowest BCUT2D eigenvalue weighted by atomic mass is 10.1. The van der Waals surface area contributed by atoms with Crippen LogP contribution in [0.15, 0.2) is 28.0 Å². The number of hydrogen-bond donors (Lipinski definition) is 1. The van der Waals surface area contributed by atoms with Gasteiger partial charge >= 0.3 is 0 Å². The van der Waals surface area contributed by atoms with E-state index in [-0.39, 0.29) is 15.5 Å². The van der Waals surface area contributed by atoms with Gasteiger partial charge in [-0.15, -0.1) is 0 Å². The van der Waals surface area contributed by atoms with Gasteiger partial charge in [0.2, 0.25) is 10.0 Å². The van der Waals surface area contributed by atoms with Gasteiger partial charge in [-0.25, -0.2) is 22.0 Å². The third-order valence-electron chi connectivity index (χ3n) is 2.56. The zero-order valence-electron chi connectivity index (χ0n) is 8.38. The minimum atomic E-state index is -3.85. The van der Waals surface area contributed by atoms with Crippen molar-refractivity contribution < 1.29 is 16.8 Å². The zero-order valence-corrected chi connectivity index (χ0v) is 10.0. The molecule has 0 unspecified atom stereocenters. The van der Waals surface area contributed by atoms with Crippen LogP contribution in [-0.4, -0.2) is 22.6 Å². The van der Waals surface area contributed by atoms with Crippen molar-refractivity contribution in [2.75, 3.05) is 5.75 Å². The first kappa shape index (κ1) is 11.6. The summed E-state index contributed by atoms with van der Waals surface area (Å²) in [5.74, 6) is 0.0636. The summed E-state index contributed by atoms with van der Waals surface area (Å²) in [6.07, 6.45) is 1.23. The highest BCUT2D eigenvalue weighted by Gasteiger charge is 2.25. The van der Waals surface area contributed by atoms with Crippen LogP contribution in [0, 0.1) is 0 Å². The van der Waals surface area contributed by atoms with Gasteiger partial charge in [0.1, 0.15) is 0 Å². The molecule has 2 rings (SSSR count). The number of hydrogen-bond acceptors (Lipinski definition) is 4. The first-order chi connectivity index (χ1) is 7.31. The maximum absolute atomic E-state index is 11.7. The Kier molecular flexibility index (Phi) is 2.56. The van der Waals surface area contributed by atoms with E-state index in [0.29, 0.717) is 18.4 Å². The second kappa shape index (κ2) is 3.54. The summed E-state index contributed by atoms with van der Waals surface area (Å²) in [7, 11) is -7.20. The third-order valence-corrected chi connectivity index (χ3v) is 5.35. The van der Waals surface area contributed by atoms with Gasteiger partial charge in [0, 0.05) is 0 Å². The van der Waals surface area contributed by atoms with E-state index in [9.17, 15) is 16.8 Å². The van der Waals surface area contributed by atoms with Crippen molar-refractivity contribution in [2.45, 2.75) is 22.6 Å². The lowest BCUT2D eigenvalue weighted by Crippen LogP contribution is -2.18. The van der Waals surface area contributed by atoms with Crippen molar-refractivity contribution >= 4 is 19.9 Å². The number of rotatable bonds is 1. The molecule has 0 saturated carbocycles. The quantitative estimate of drug-likeness (QED) is 0.773. The highest BCUT2D eigenvalue weighted by molar-refractivity contribution is 7.91. The topological polar surface area (TPSA) is 94.3 Å². The van der Waals surface area contributed by atoms with Crippen molar-refractivity contribution in [3.05, 3.63) is 23.8 Å². The van der Waals surface area contributed by atoms with Gasteiger partial charge in [0.25, 0.3) is 0 Å². The van der Waals surface area contributed by atoms with E-state index in [1.165, 1.54) is 12.1 Å². The van der Waals surface area contributed by atoms with Gasteiger partial charge in [-0.1, -0.05) is 6.07 Å². The number of sulfonamides is 1. The van der Waals surface area contributed by atoms with Crippen LogP contribution in [0.4, 0.5) is 0 Å². The molecule has 16 heavy (non-hydrogen) atoms. The fourth-order valence-corrected chi connectivity index (χ4v) is 4.01. The molecule has 2 N–H and O–H groups in total. The average Bonchev–Trinajstić information content (AvgIpc) is 2.15. The Morgan fingerprint density at radius 3 is 2.56 bits per heavy atom. The van der Waals surface area contributed by atoms with Crippen molar-refractivity contribution in [2.24, 2.45) is 5.14 Å². The second-order valence-corrected chi connectivity index (χ2v) is 7.38. The van der Waals surface area contributed by atoms with Crippen LogP contribution < -0.4 is 5.14 Å². The van der Waals surface area contributed by atoms with Crippen LogP contribution >= 0.6 is 0 Å². The van der Waals surface area contributed by atoms with Crippen LogP contribution in [0.5, 0.6) is 0 Å². The Morgan fingerprint density at radius 2 is 1.94 bits per heavy atom. The lowest BCUT2D eigenvalue weighted by molar-refractivity contribution is 0.585. The standard InChI is InChI=1S/C9H11NO4S2/c10-16(13,14)8-4-3-7-2-1-5-15(11,12)9(7)6-8/h3-4,6H,1-2,5H2,(H2,10,13,14). The van der Waals surface area contributed by atoms with Gasteiger partial charge in [0.15, 0.2) is 9.84 Å². The minimum absolute atomic E-state index is 0.0636. The molecule has 0 atom stereocenters. The van der Waals surface area contributed by atoms with Gasteiger partial charge in [-0.05, 0) is 30.5 Å². The van der Waals surface area contributed by atoms with Crippen molar-refractivity contribution in [3.8, 4) is 0 Å². The van der Waals surface area contributed by atoms with Crippen molar-refractivity contribution in [1.29, 1.82) is 0 Å². The molecule has 0 bridgehead atoms. The summed E-state index contributed by atoms with van der Waals surface area (Å²) in [5.41, 5.74) is 0.665. The highest BCUT2D eigenvalue weighted by Crippen LogP contribution is 2.26. The van der Waals surface area contributed by atoms with Gasteiger partial charge in [-0.2, -0.15) is 0 Å². The Bertz CT molecular complexity index is 631. The number of aryl methyl sites for hydroxylation is 1. The fourth-order valence-electron chi connectivity index (χ4n) is 1.77. The molecule has 88 valence electrons. The predicted molar refractivity (Wildman–Crippen MR) is 58.2 cm³/mol. The van der Waals surface area contributed by atoms with Crippen LogP contribution in [0.25, 0.3) is 0 Å². The molecule has 5 nitrogen and oxygen atoms in total. The first-order valence-electron chi connectivity index (χ1n) is 4.69. The summed E-state index contributed by atoms with van der Waals surface area (Å²) in [5, 5.41) is 4.96. The van der Waals surface area contributed by atoms with E-state index in [2.05, 4.69) is 0 Å². The zero-order chi connectivity index (χ0) is 12.0. The maximum atomic E-state index is 11.7. The molecule has 1 aromatic carbocycles. The molecule has 0 radical (unpaired) electrons. The van der Waals surface area contributed by atoms with Gasteiger partial charge in [-0.3, -0.25) is 0 Å². The SMILES string of the molecule is NS(=O)(=O)c1ccc2c(c1)S(=O)(=O)CCC2. The monoisotopic (exact) mass is 261 g/mol. The molecule has 1 aliphatic rings. The average molecular weight is 261 g/mol. The Morgan fingerprint density at radius 1 is 1.25 bits per heavy atom. The van der Waals surface area contributed by atoms with E-state index < -0.39 is 19.9 Å². The molecule has 0 amide bonds. The van der Waals surface area contributed by atoms with Gasteiger partial charge < -0.3 is 0 Å². The third kappa shape index (κ3) is 1.98. The van der Waals surface area contributed by atoms with Crippen molar-refractivity contribution in [1.82, 2.24) is 0 Å². The summed E-state index contributed by atoms with van der Waals surface area (Å²) in [6, 6.07) is 4.01. The largest absolute Gasteiger partial charge is 0.238 e. The molecule has 0 spiro atoms. The number of benzene rings is 1. The van der Waals surface area contributed by atoms with E-state index >= 15 is 0 Å². The summed E-state index contributed by atoms with van der Waals surface area (Å²) < 4.78 is 45.7. The number of nitrogens with two attached hydrogens (primary N) is 1. The van der Waals surface area contributed by atoms with E-state index in [0.717, 1.165) is 6.07 Å². The molecule has 1 aliphatic heterocycles. The highest BCUT2D eigenvalue weighted by atomic mass is 32.2. The van der Waals surface area contributed by atoms with E-state index in [1.54, 1.807) is 0 Å². The summed E-state index contributed by atoms with van der Waals surface area (Å²) in [6.45, 7) is 0. The molecule has 7 heteroatoms. The van der Waals surface area contributed by atoms with E-state index in [1.807, 2.05) is 0 Å². The summed E-state index contributed by atoms with van der Waals surface area (Å²) in [4.78, 5) is -0.0537. The molecule has 0 saturated heterocycles.